The fourth-order valence-corrected chi connectivity index (χ4v) is 2.81. The zero-order chi connectivity index (χ0) is 13.6. The van der Waals surface area contributed by atoms with E-state index in [1.165, 1.54) is 0 Å². The molecule has 1 N–H and O–H groups in total. The van der Waals surface area contributed by atoms with Gasteiger partial charge in [-0.05, 0) is 37.7 Å². The molecule has 3 aromatic rings. The standard InChI is InChI=1S/C13H15N5S/c1-8-11-12(17(3)16-8)18(13(19)15-11)9(2)10-5-4-6-14-7-10/h4-7,9H,1-3H3,(H,15,19). The van der Waals surface area contributed by atoms with Crippen molar-refractivity contribution in [2.24, 2.45) is 7.05 Å². The highest BCUT2D eigenvalue weighted by Crippen LogP contribution is 2.24. The maximum atomic E-state index is 5.45. The number of hydrogen-bond acceptors (Lipinski definition) is 3. The summed E-state index contributed by atoms with van der Waals surface area (Å²) >= 11 is 5.45. The van der Waals surface area contributed by atoms with Crippen LogP contribution in [0.2, 0.25) is 0 Å². The van der Waals surface area contributed by atoms with Gasteiger partial charge in [0.1, 0.15) is 5.52 Å². The van der Waals surface area contributed by atoms with Crippen molar-refractivity contribution in [1.82, 2.24) is 24.3 Å². The van der Waals surface area contributed by atoms with Crippen molar-refractivity contribution in [1.29, 1.82) is 0 Å². The Morgan fingerprint density at radius 3 is 2.89 bits per heavy atom. The number of nitrogens with one attached hydrogen (secondary N) is 1. The lowest BCUT2D eigenvalue weighted by atomic mass is 10.1. The van der Waals surface area contributed by atoms with Gasteiger partial charge >= 0.3 is 0 Å². The maximum Gasteiger partial charge on any atom is 0.179 e. The summed E-state index contributed by atoms with van der Waals surface area (Å²) in [5, 5.41) is 4.43. The Bertz CT molecular complexity index is 781. The van der Waals surface area contributed by atoms with Gasteiger partial charge in [-0.1, -0.05) is 6.07 Å². The Labute approximate surface area is 115 Å². The van der Waals surface area contributed by atoms with E-state index < -0.39 is 0 Å². The van der Waals surface area contributed by atoms with E-state index in [0.717, 1.165) is 22.4 Å². The number of hydrogen-bond donors (Lipinski definition) is 1. The minimum Gasteiger partial charge on any atom is -0.328 e. The summed E-state index contributed by atoms with van der Waals surface area (Å²) in [6.45, 7) is 4.09. The van der Waals surface area contributed by atoms with Crippen LogP contribution in [0.15, 0.2) is 24.5 Å². The Morgan fingerprint density at radius 1 is 1.42 bits per heavy atom. The van der Waals surface area contributed by atoms with E-state index in [1.807, 2.05) is 30.9 Å². The molecule has 0 fully saturated rings. The van der Waals surface area contributed by atoms with E-state index in [-0.39, 0.29) is 6.04 Å². The quantitative estimate of drug-likeness (QED) is 0.730. The molecule has 0 aliphatic carbocycles. The zero-order valence-corrected chi connectivity index (χ0v) is 11.9. The summed E-state index contributed by atoms with van der Waals surface area (Å²) in [6.07, 6.45) is 3.64. The Morgan fingerprint density at radius 2 is 2.21 bits per heavy atom. The first-order chi connectivity index (χ1) is 9.09. The normalized spacial score (nSPS) is 13.0. The van der Waals surface area contributed by atoms with Gasteiger partial charge in [0.05, 0.1) is 11.7 Å². The van der Waals surface area contributed by atoms with Gasteiger partial charge in [0.2, 0.25) is 0 Å². The van der Waals surface area contributed by atoms with Crippen LogP contribution in [0.1, 0.15) is 24.2 Å². The predicted molar refractivity (Wildman–Crippen MR) is 76.7 cm³/mol. The molecule has 3 aromatic heterocycles. The van der Waals surface area contributed by atoms with E-state index in [2.05, 4.69) is 32.6 Å². The summed E-state index contributed by atoms with van der Waals surface area (Å²) in [6, 6.07) is 4.11. The highest BCUT2D eigenvalue weighted by molar-refractivity contribution is 7.71. The predicted octanol–water partition coefficient (Wildman–Crippen LogP) is 2.75. The van der Waals surface area contributed by atoms with E-state index in [1.54, 1.807) is 6.20 Å². The third-order valence-electron chi connectivity index (χ3n) is 3.42. The molecular formula is C13H15N5S. The number of fused-ring (bicyclic) bond motifs is 1. The molecule has 1 atom stereocenters. The fourth-order valence-electron chi connectivity index (χ4n) is 2.46. The van der Waals surface area contributed by atoms with Gasteiger partial charge in [-0.3, -0.25) is 14.2 Å². The maximum absolute atomic E-state index is 5.45. The van der Waals surface area contributed by atoms with Crippen LogP contribution in [-0.4, -0.2) is 24.3 Å². The lowest BCUT2D eigenvalue weighted by Gasteiger charge is -2.14. The minimum atomic E-state index is 0.116. The molecule has 0 amide bonds. The van der Waals surface area contributed by atoms with Crippen molar-refractivity contribution >= 4 is 23.4 Å². The van der Waals surface area contributed by atoms with E-state index in [9.17, 15) is 0 Å². The topological polar surface area (TPSA) is 51.4 Å². The number of pyridine rings is 1. The summed E-state index contributed by atoms with van der Waals surface area (Å²) in [4.78, 5) is 7.41. The van der Waals surface area contributed by atoms with Crippen LogP contribution in [0.4, 0.5) is 0 Å². The number of nitrogens with zero attached hydrogens (tertiary/aromatic N) is 4. The molecule has 0 aliphatic heterocycles. The van der Waals surface area contributed by atoms with Crippen molar-refractivity contribution in [3.05, 3.63) is 40.6 Å². The number of aromatic nitrogens is 5. The number of imidazole rings is 1. The average molecular weight is 273 g/mol. The molecule has 0 aromatic carbocycles. The Kier molecular flexibility index (Phi) is 2.74. The average Bonchev–Trinajstić information content (AvgIpc) is 2.88. The highest BCUT2D eigenvalue weighted by Gasteiger charge is 2.17. The third kappa shape index (κ3) is 1.79. The van der Waals surface area contributed by atoms with Gasteiger partial charge in [0.25, 0.3) is 0 Å². The summed E-state index contributed by atoms with van der Waals surface area (Å²) in [5.74, 6) is 0. The van der Waals surface area contributed by atoms with E-state index in [4.69, 9.17) is 12.2 Å². The van der Waals surface area contributed by atoms with Gasteiger partial charge in [-0.25, -0.2) is 0 Å². The lowest BCUT2D eigenvalue weighted by molar-refractivity contribution is 0.618. The monoisotopic (exact) mass is 273 g/mol. The number of H-pyrrole nitrogens is 1. The van der Waals surface area contributed by atoms with Crippen LogP contribution in [0, 0.1) is 11.7 Å². The van der Waals surface area contributed by atoms with E-state index >= 15 is 0 Å². The first kappa shape index (κ1) is 12.1. The fraction of sp³-hybridized carbons (Fsp3) is 0.308. The molecule has 98 valence electrons. The van der Waals surface area contributed by atoms with Crippen LogP contribution >= 0.6 is 12.2 Å². The second-order valence-electron chi connectivity index (χ2n) is 4.67. The zero-order valence-electron chi connectivity index (χ0n) is 11.1. The molecule has 1 unspecified atom stereocenters. The molecule has 0 saturated heterocycles. The van der Waals surface area contributed by atoms with Gasteiger partial charge < -0.3 is 4.98 Å². The SMILES string of the molecule is Cc1nn(C)c2c1[nH]c(=S)n2C(C)c1cccnc1. The largest absolute Gasteiger partial charge is 0.328 e. The molecule has 0 spiro atoms. The minimum absolute atomic E-state index is 0.116. The molecular weight excluding hydrogens is 258 g/mol. The van der Waals surface area contributed by atoms with Crippen molar-refractivity contribution < 1.29 is 0 Å². The summed E-state index contributed by atoms with van der Waals surface area (Å²) < 4.78 is 4.66. The van der Waals surface area contributed by atoms with Crippen molar-refractivity contribution in [2.75, 3.05) is 0 Å². The molecule has 3 rings (SSSR count). The van der Waals surface area contributed by atoms with Crippen LogP contribution in [-0.2, 0) is 7.05 Å². The van der Waals surface area contributed by atoms with Crippen molar-refractivity contribution in [2.45, 2.75) is 19.9 Å². The summed E-state index contributed by atoms with van der Waals surface area (Å²) in [7, 11) is 1.93. The molecule has 3 heterocycles. The van der Waals surface area contributed by atoms with E-state index in [0.29, 0.717) is 4.77 Å². The molecule has 5 nitrogen and oxygen atoms in total. The second-order valence-corrected chi connectivity index (χ2v) is 5.06. The van der Waals surface area contributed by atoms with Crippen LogP contribution in [0.3, 0.4) is 0 Å². The van der Waals surface area contributed by atoms with Gasteiger partial charge in [-0.15, -0.1) is 0 Å². The lowest BCUT2D eigenvalue weighted by Crippen LogP contribution is -2.09. The van der Waals surface area contributed by atoms with Gasteiger partial charge in [-0.2, -0.15) is 5.10 Å². The first-order valence-electron chi connectivity index (χ1n) is 6.13. The molecule has 0 bridgehead atoms. The number of rotatable bonds is 2. The Balaban J connectivity index is 2.25. The van der Waals surface area contributed by atoms with Gasteiger partial charge in [0.15, 0.2) is 10.4 Å². The highest BCUT2D eigenvalue weighted by atomic mass is 32.1. The first-order valence-corrected chi connectivity index (χ1v) is 6.54. The molecule has 0 aliphatic rings. The Hall–Kier alpha value is -1.95. The van der Waals surface area contributed by atoms with Crippen molar-refractivity contribution in [3.63, 3.8) is 0 Å². The van der Waals surface area contributed by atoms with Gasteiger partial charge in [0, 0.05) is 19.4 Å². The van der Waals surface area contributed by atoms with Crippen LogP contribution in [0.25, 0.3) is 11.2 Å². The summed E-state index contributed by atoms with van der Waals surface area (Å²) in [5.41, 5.74) is 4.10. The molecule has 6 heteroatoms. The number of aromatic amines is 1. The smallest absolute Gasteiger partial charge is 0.179 e. The van der Waals surface area contributed by atoms with Crippen LogP contribution < -0.4 is 0 Å². The molecule has 19 heavy (non-hydrogen) atoms. The van der Waals surface area contributed by atoms with Crippen LogP contribution in [0.5, 0.6) is 0 Å². The second kappa shape index (κ2) is 4.31. The van der Waals surface area contributed by atoms with Crippen molar-refractivity contribution in [3.8, 4) is 0 Å². The third-order valence-corrected chi connectivity index (χ3v) is 3.72. The number of aryl methyl sites for hydroxylation is 2. The molecule has 0 saturated carbocycles. The molecule has 0 radical (unpaired) electrons.